The zero-order valence-electron chi connectivity index (χ0n) is 7.39. The molecule has 0 aromatic carbocycles. The van der Waals surface area contributed by atoms with Crippen LogP contribution in [0.1, 0.15) is 13.8 Å². The normalized spacial score (nSPS) is 10.0. The van der Waals surface area contributed by atoms with Crippen molar-refractivity contribution >= 4 is 29.3 Å². The summed E-state index contributed by atoms with van der Waals surface area (Å²) in [5, 5.41) is 3.58. The van der Waals surface area contributed by atoms with Crippen LogP contribution in [0.15, 0.2) is 11.6 Å². The molecule has 0 heterocycles. The Kier molecular flexibility index (Phi) is 6.30. The quantitative estimate of drug-likeness (QED) is 0.747. The van der Waals surface area contributed by atoms with E-state index in [1.54, 1.807) is 11.8 Å². The van der Waals surface area contributed by atoms with Crippen LogP contribution in [-0.2, 0) is 4.79 Å². The molecule has 0 unspecified atom stereocenters. The molecule has 70 valence electrons. The Morgan fingerprint density at radius 1 is 1.67 bits per heavy atom. The fourth-order valence-corrected chi connectivity index (χ4v) is 1.14. The molecule has 0 saturated heterocycles. The predicted octanol–water partition coefficient (Wildman–Crippen LogP) is 2.00. The Bertz CT molecular complexity index is 170. The van der Waals surface area contributed by atoms with Crippen LogP contribution in [0.4, 0.5) is 0 Å². The van der Waals surface area contributed by atoms with E-state index in [9.17, 15) is 4.79 Å². The van der Waals surface area contributed by atoms with Gasteiger partial charge in [0.1, 0.15) is 0 Å². The number of rotatable bonds is 5. The molecular weight excluding hydrogens is 194 g/mol. The van der Waals surface area contributed by atoms with Gasteiger partial charge in [-0.15, -0.1) is 11.8 Å². The summed E-state index contributed by atoms with van der Waals surface area (Å²) in [7, 11) is 0. The number of thioether (sulfide) groups is 1. The van der Waals surface area contributed by atoms with Gasteiger partial charge < -0.3 is 5.32 Å². The molecule has 0 aliphatic heterocycles. The van der Waals surface area contributed by atoms with Gasteiger partial charge in [-0.25, -0.2) is 0 Å². The summed E-state index contributed by atoms with van der Waals surface area (Å²) in [6.45, 7) is 7.93. The molecule has 0 aliphatic carbocycles. The van der Waals surface area contributed by atoms with Crippen molar-refractivity contribution in [2.45, 2.75) is 19.1 Å². The van der Waals surface area contributed by atoms with Gasteiger partial charge in [-0.3, -0.25) is 4.79 Å². The highest BCUT2D eigenvalue weighted by Crippen LogP contribution is 2.07. The van der Waals surface area contributed by atoms with Crippen LogP contribution >= 0.6 is 23.4 Å². The van der Waals surface area contributed by atoms with Crippen LogP contribution < -0.4 is 5.32 Å². The van der Waals surface area contributed by atoms with Crippen molar-refractivity contribution in [1.82, 2.24) is 5.32 Å². The zero-order chi connectivity index (χ0) is 9.56. The molecule has 2 nitrogen and oxygen atoms in total. The van der Waals surface area contributed by atoms with Crippen LogP contribution in [0.25, 0.3) is 0 Å². The second kappa shape index (κ2) is 6.38. The Hall–Kier alpha value is -0.150. The summed E-state index contributed by atoms with van der Waals surface area (Å²) in [5.74, 6) is 0.498. The summed E-state index contributed by atoms with van der Waals surface area (Å²) in [6.07, 6.45) is 0. The van der Waals surface area contributed by atoms with E-state index >= 15 is 0 Å². The molecule has 1 N–H and O–H groups in total. The van der Waals surface area contributed by atoms with Crippen molar-refractivity contribution in [3.8, 4) is 0 Å². The van der Waals surface area contributed by atoms with Crippen molar-refractivity contribution in [2.24, 2.45) is 0 Å². The SMILES string of the molecule is C=C(Cl)CNC(=O)CSC(C)C. The van der Waals surface area contributed by atoms with E-state index in [0.717, 1.165) is 0 Å². The maximum Gasteiger partial charge on any atom is 0.230 e. The van der Waals surface area contributed by atoms with Gasteiger partial charge in [0.2, 0.25) is 5.91 Å². The van der Waals surface area contributed by atoms with Crippen LogP contribution in [0.5, 0.6) is 0 Å². The van der Waals surface area contributed by atoms with Gasteiger partial charge in [0.05, 0.1) is 12.3 Å². The minimum absolute atomic E-state index is 0.00972. The molecule has 0 atom stereocenters. The molecule has 12 heavy (non-hydrogen) atoms. The standard InChI is InChI=1S/C8H14ClNOS/c1-6(2)12-5-8(11)10-4-7(3)9/h6H,3-5H2,1-2H3,(H,10,11). The predicted molar refractivity (Wildman–Crippen MR) is 55.6 cm³/mol. The third-order valence-corrected chi connectivity index (χ3v) is 2.25. The Morgan fingerprint density at radius 3 is 2.67 bits per heavy atom. The highest BCUT2D eigenvalue weighted by atomic mass is 35.5. The van der Waals surface area contributed by atoms with E-state index in [1.807, 2.05) is 0 Å². The monoisotopic (exact) mass is 207 g/mol. The average Bonchev–Trinajstić information content (AvgIpc) is 1.96. The highest BCUT2D eigenvalue weighted by Gasteiger charge is 2.02. The van der Waals surface area contributed by atoms with Gasteiger partial charge in [0.25, 0.3) is 0 Å². The first-order chi connectivity index (χ1) is 5.52. The lowest BCUT2D eigenvalue weighted by molar-refractivity contribution is -0.118. The van der Waals surface area contributed by atoms with Crippen LogP contribution in [0.2, 0.25) is 0 Å². The second-order valence-electron chi connectivity index (χ2n) is 2.65. The van der Waals surface area contributed by atoms with E-state index in [1.165, 1.54) is 0 Å². The molecule has 0 aromatic heterocycles. The lowest BCUT2D eigenvalue weighted by Crippen LogP contribution is -2.26. The molecule has 0 fully saturated rings. The molecule has 0 radical (unpaired) electrons. The summed E-state index contributed by atoms with van der Waals surface area (Å²) >= 11 is 7.07. The molecular formula is C8H14ClNOS. The Labute approximate surface area is 82.7 Å². The fraction of sp³-hybridized carbons (Fsp3) is 0.625. The number of nitrogens with one attached hydrogen (secondary N) is 1. The van der Waals surface area contributed by atoms with Gasteiger partial charge in [0, 0.05) is 5.03 Å². The zero-order valence-corrected chi connectivity index (χ0v) is 8.97. The maximum absolute atomic E-state index is 11.0. The number of carbonyl (C=O) groups excluding carboxylic acids is 1. The van der Waals surface area contributed by atoms with Gasteiger partial charge in [-0.2, -0.15) is 0 Å². The molecule has 4 heteroatoms. The number of hydrogen-bond acceptors (Lipinski definition) is 2. The van der Waals surface area contributed by atoms with Crippen LogP contribution in [-0.4, -0.2) is 23.5 Å². The molecule has 0 spiro atoms. The smallest absolute Gasteiger partial charge is 0.230 e. The summed E-state index contributed by atoms with van der Waals surface area (Å²) in [5.41, 5.74) is 0. The number of amides is 1. The van der Waals surface area contributed by atoms with Crippen molar-refractivity contribution in [3.63, 3.8) is 0 Å². The molecule has 0 bridgehead atoms. The first-order valence-corrected chi connectivity index (χ1v) is 5.16. The first-order valence-electron chi connectivity index (χ1n) is 3.74. The van der Waals surface area contributed by atoms with Crippen molar-refractivity contribution in [1.29, 1.82) is 0 Å². The van der Waals surface area contributed by atoms with Crippen molar-refractivity contribution < 1.29 is 4.79 Å². The minimum atomic E-state index is 0.00972. The molecule has 0 saturated carbocycles. The average molecular weight is 208 g/mol. The summed E-state index contributed by atoms with van der Waals surface area (Å²) in [4.78, 5) is 11.0. The van der Waals surface area contributed by atoms with Gasteiger partial charge in [-0.05, 0) is 5.25 Å². The van der Waals surface area contributed by atoms with Gasteiger partial charge in [-0.1, -0.05) is 32.0 Å². The van der Waals surface area contributed by atoms with E-state index < -0.39 is 0 Å². The molecule has 0 aliphatic rings. The van der Waals surface area contributed by atoms with Gasteiger partial charge >= 0.3 is 0 Å². The maximum atomic E-state index is 11.0. The third-order valence-electron chi connectivity index (χ3n) is 1.03. The van der Waals surface area contributed by atoms with Crippen molar-refractivity contribution in [3.05, 3.63) is 11.6 Å². The van der Waals surface area contributed by atoms with Crippen molar-refractivity contribution in [2.75, 3.05) is 12.3 Å². The number of hydrogen-bond donors (Lipinski definition) is 1. The highest BCUT2D eigenvalue weighted by molar-refractivity contribution is 8.00. The molecule has 1 amide bonds. The van der Waals surface area contributed by atoms with Gasteiger partial charge in [0.15, 0.2) is 0 Å². The fourth-order valence-electron chi connectivity index (χ4n) is 0.488. The largest absolute Gasteiger partial charge is 0.350 e. The van der Waals surface area contributed by atoms with Crippen LogP contribution in [0, 0.1) is 0 Å². The number of halogens is 1. The molecule has 0 rings (SSSR count). The van der Waals surface area contributed by atoms with E-state index in [2.05, 4.69) is 25.7 Å². The number of carbonyl (C=O) groups is 1. The topological polar surface area (TPSA) is 29.1 Å². The summed E-state index contributed by atoms with van der Waals surface area (Å²) < 4.78 is 0. The van der Waals surface area contributed by atoms with E-state index in [4.69, 9.17) is 11.6 Å². The summed E-state index contributed by atoms with van der Waals surface area (Å²) in [6, 6.07) is 0. The molecule has 0 aromatic rings. The van der Waals surface area contributed by atoms with Crippen LogP contribution in [0.3, 0.4) is 0 Å². The van der Waals surface area contributed by atoms with E-state index in [0.29, 0.717) is 22.6 Å². The minimum Gasteiger partial charge on any atom is -0.350 e. The lowest BCUT2D eigenvalue weighted by atomic mass is 10.6. The Morgan fingerprint density at radius 2 is 2.25 bits per heavy atom. The lowest BCUT2D eigenvalue weighted by Gasteiger charge is -2.05. The third kappa shape index (κ3) is 7.95. The Balaban J connectivity index is 3.40. The second-order valence-corrected chi connectivity index (χ2v) is 4.75. The van der Waals surface area contributed by atoms with E-state index in [-0.39, 0.29) is 5.91 Å². The first kappa shape index (κ1) is 11.8.